The van der Waals surface area contributed by atoms with Gasteiger partial charge in [0, 0.05) is 16.4 Å². The van der Waals surface area contributed by atoms with Gasteiger partial charge in [0.05, 0.1) is 6.10 Å². The van der Waals surface area contributed by atoms with E-state index >= 15 is 0 Å². The summed E-state index contributed by atoms with van der Waals surface area (Å²) in [5.74, 6) is -0.533. The SMILES string of the molecule is CC(O)c1cccc(NC(=O)Nc2cc(F)cc(Cl)c2)c1. The first-order valence-electron chi connectivity index (χ1n) is 6.26. The molecule has 0 aromatic heterocycles. The highest BCUT2D eigenvalue weighted by Gasteiger charge is 2.07. The Labute approximate surface area is 126 Å². The molecule has 21 heavy (non-hydrogen) atoms. The van der Waals surface area contributed by atoms with Crippen molar-refractivity contribution in [2.75, 3.05) is 10.6 Å². The normalized spacial score (nSPS) is 11.8. The van der Waals surface area contributed by atoms with Crippen LogP contribution in [0.15, 0.2) is 42.5 Å². The molecule has 1 atom stereocenters. The molecule has 2 rings (SSSR count). The molecule has 3 N–H and O–H groups in total. The lowest BCUT2D eigenvalue weighted by Gasteiger charge is -2.10. The summed E-state index contributed by atoms with van der Waals surface area (Å²) in [5, 5.41) is 14.8. The lowest BCUT2D eigenvalue weighted by atomic mass is 10.1. The van der Waals surface area contributed by atoms with Gasteiger partial charge in [-0.25, -0.2) is 9.18 Å². The summed E-state index contributed by atoms with van der Waals surface area (Å²) in [5.41, 5.74) is 1.46. The first-order valence-corrected chi connectivity index (χ1v) is 6.64. The maximum atomic E-state index is 13.2. The first kappa shape index (κ1) is 15.3. The van der Waals surface area contributed by atoms with E-state index in [4.69, 9.17) is 11.6 Å². The number of hydrogen-bond acceptors (Lipinski definition) is 2. The maximum absolute atomic E-state index is 13.2. The number of carbonyl (C=O) groups excluding carboxylic acids is 1. The molecule has 2 aromatic carbocycles. The number of nitrogens with one attached hydrogen (secondary N) is 2. The molecule has 110 valence electrons. The van der Waals surface area contributed by atoms with Gasteiger partial charge in [-0.15, -0.1) is 0 Å². The van der Waals surface area contributed by atoms with Gasteiger partial charge in [-0.2, -0.15) is 0 Å². The topological polar surface area (TPSA) is 61.4 Å². The number of hydrogen-bond donors (Lipinski definition) is 3. The van der Waals surface area contributed by atoms with Crippen LogP contribution in [-0.4, -0.2) is 11.1 Å². The molecule has 0 saturated carbocycles. The molecule has 0 aliphatic rings. The van der Waals surface area contributed by atoms with E-state index in [0.717, 1.165) is 12.1 Å². The van der Waals surface area contributed by atoms with E-state index in [2.05, 4.69) is 10.6 Å². The zero-order chi connectivity index (χ0) is 15.4. The maximum Gasteiger partial charge on any atom is 0.323 e. The molecule has 0 fully saturated rings. The van der Waals surface area contributed by atoms with Crippen LogP contribution >= 0.6 is 11.6 Å². The quantitative estimate of drug-likeness (QED) is 0.796. The van der Waals surface area contributed by atoms with Crippen LogP contribution in [0.4, 0.5) is 20.6 Å². The van der Waals surface area contributed by atoms with Crippen LogP contribution in [0.25, 0.3) is 0 Å². The van der Waals surface area contributed by atoms with Crippen LogP contribution in [0, 0.1) is 5.82 Å². The molecule has 4 nitrogen and oxygen atoms in total. The standard InChI is InChI=1S/C15H14ClFN2O2/c1-9(20)10-3-2-4-13(5-10)18-15(21)19-14-7-11(16)6-12(17)8-14/h2-9,20H,1H3,(H2,18,19,21). The summed E-state index contributed by atoms with van der Waals surface area (Å²) < 4.78 is 13.2. The Morgan fingerprint density at radius 1 is 1.19 bits per heavy atom. The highest BCUT2D eigenvalue weighted by atomic mass is 35.5. The molecule has 0 spiro atoms. The Morgan fingerprint density at radius 3 is 2.57 bits per heavy atom. The van der Waals surface area contributed by atoms with Gasteiger partial charge in [0.25, 0.3) is 0 Å². The summed E-state index contributed by atoms with van der Waals surface area (Å²) >= 11 is 5.71. The average molecular weight is 309 g/mol. The van der Waals surface area contributed by atoms with Crippen molar-refractivity contribution in [2.45, 2.75) is 13.0 Å². The Hall–Kier alpha value is -2.11. The van der Waals surface area contributed by atoms with Gasteiger partial charge in [0.1, 0.15) is 5.82 Å². The molecule has 2 aromatic rings. The third-order valence-corrected chi connectivity index (χ3v) is 2.97. The fraction of sp³-hybridized carbons (Fsp3) is 0.133. The monoisotopic (exact) mass is 308 g/mol. The van der Waals surface area contributed by atoms with Crippen molar-refractivity contribution >= 4 is 29.0 Å². The summed E-state index contributed by atoms with van der Waals surface area (Å²) in [6.45, 7) is 1.63. The van der Waals surface area contributed by atoms with Crippen molar-refractivity contribution in [3.63, 3.8) is 0 Å². The Kier molecular flexibility index (Phi) is 4.77. The van der Waals surface area contributed by atoms with Gasteiger partial charge in [0.15, 0.2) is 0 Å². The fourth-order valence-electron chi connectivity index (χ4n) is 1.80. The molecule has 0 heterocycles. The second-order valence-electron chi connectivity index (χ2n) is 4.54. The number of rotatable bonds is 3. The molecule has 2 amide bonds. The van der Waals surface area contributed by atoms with Crippen LogP contribution < -0.4 is 10.6 Å². The van der Waals surface area contributed by atoms with Crippen LogP contribution in [0.5, 0.6) is 0 Å². The van der Waals surface area contributed by atoms with E-state index in [-0.39, 0.29) is 10.7 Å². The molecule has 0 bridgehead atoms. The highest BCUT2D eigenvalue weighted by Crippen LogP contribution is 2.19. The number of amides is 2. The van der Waals surface area contributed by atoms with Crippen LogP contribution in [-0.2, 0) is 0 Å². The summed E-state index contributed by atoms with van der Waals surface area (Å²) in [7, 11) is 0. The van der Waals surface area contributed by atoms with E-state index in [1.807, 2.05) is 0 Å². The van der Waals surface area contributed by atoms with E-state index < -0.39 is 18.0 Å². The Balaban J connectivity index is 2.06. The van der Waals surface area contributed by atoms with Gasteiger partial charge < -0.3 is 15.7 Å². The summed E-state index contributed by atoms with van der Waals surface area (Å²) in [4.78, 5) is 11.8. The minimum absolute atomic E-state index is 0.196. The number of aliphatic hydroxyl groups excluding tert-OH is 1. The van der Waals surface area contributed by atoms with Crippen LogP contribution in [0.3, 0.4) is 0 Å². The second kappa shape index (κ2) is 6.56. The predicted molar refractivity (Wildman–Crippen MR) is 81.1 cm³/mol. The van der Waals surface area contributed by atoms with Crippen LogP contribution in [0.2, 0.25) is 5.02 Å². The number of urea groups is 1. The number of benzene rings is 2. The van der Waals surface area contributed by atoms with E-state index in [9.17, 15) is 14.3 Å². The minimum atomic E-state index is -0.628. The molecule has 0 aliphatic heterocycles. The Bertz CT molecular complexity index is 642. The van der Waals surface area contributed by atoms with Crippen molar-refractivity contribution in [1.82, 2.24) is 0 Å². The van der Waals surface area contributed by atoms with E-state index in [1.54, 1.807) is 31.2 Å². The van der Waals surface area contributed by atoms with Gasteiger partial charge >= 0.3 is 6.03 Å². The first-order chi connectivity index (χ1) is 9.94. The number of anilines is 2. The lowest BCUT2D eigenvalue weighted by molar-refractivity contribution is 0.199. The third-order valence-electron chi connectivity index (χ3n) is 2.75. The molecule has 0 aliphatic carbocycles. The zero-order valence-corrected chi connectivity index (χ0v) is 12.0. The lowest BCUT2D eigenvalue weighted by Crippen LogP contribution is -2.19. The van der Waals surface area contributed by atoms with Crippen molar-refractivity contribution in [3.8, 4) is 0 Å². The third kappa shape index (κ3) is 4.44. The molecule has 6 heteroatoms. The van der Waals surface area contributed by atoms with Gasteiger partial charge in [-0.1, -0.05) is 23.7 Å². The minimum Gasteiger partial charge on any atom is -0.389 e. The van der Waals surface area contributed by atoms with Gasteiger partial charge in [-0.3, -0.25) is 0 Å². The van der Waals surface area contributed by atoms with Gasteiger partial charge in [-0.05, 0) is 42.8 Å². The van der Waals surface area contributed by atoms with Crippen molar-refractivity contribution < 1.29 is 14.3 Å². The Morgan fingerprint density at radius 2 is 1.90 bits per heavy atom. The van der Waals surface area contributed by atoms with Gasteiger partial charge in [0.2, 0.25) is 0 Å². The summed E-state index contributed by atoms with van der Waals surface area (Å²) in [6, 6.07) is 10.0. The number of aliphatic hydroxyl groups is 1. The average Bonchev–Trinajstić information content (AvgIpc) is 2.37. The van der Waals surface area contributed by atoms with Crippen molar-refractivity contribution in [3.05, 3.63) is 58.9 Å². The molecule has 0 radical (unpaired) electrons. The smallest absolute Gasteiger partial charge is 0.323 e. The zero-order valence-electron chi connectivity index (χ0n) is 11.2. The second-order valence-corrected chi connectivity index (χ2v) is 4.98. The van der Waals surface area contributed by atoms with Crippen molar-refractivity contribution in [2.24, 2.45) is 0 Å². The molecular weight excluding hydrogens is 295 g/mol. The fourth-order valence-corrected chi connectivity index (χ4v) is 2.02. The highest BCUT2D eigenvalue weighted by molar-refractivity contribution is 6.30. The molecule has 1 unspecified atom stereocenters. The van der Waals surface area contributed by atoms with E-state index in [1.165, 1.54) is 6.07 Å². The number of carbonyl (C=O) groups is 1. The number of halogens is 2. The van der Waals surface area contributed by atoms with E-state index in [0.29, 0.717) is 11.3 Å². The molecule has 0 saturated heterocycles. The van der Waals surface area contributed by atoms with Crippen LogP contribution in [0.1, 0.15) is 18.6 Å². The largest absolute Gasteiger partial charge is 0.389 e. The molecular formula is C15H14ClFN2O2. The predicted octanol–water partition coefficient (Wildman–Crippen LogP) is 4.18. The summed E-state index contributed by atoms with van der Waals surface area (Å²) in [6.07, 6.45) is -0.628. The van der Waals surface area contributed by atoms with Crippen molar-refractivity contribution in [1.29, 1.82) is 0 Å².